The molecule has 0 saturated carbocycles. The lowest BCUT2D eigenvalue weighted by molar-refractivity contribution is 0.0991. The van der Waals surface area contributed by atoms with Gasteiger partial charge in [-0.1, -0.05) is 0 Å². The SMILES string of the molecule is CN1BN(C)N(C(C)(C)C)B1. The lowest BCUT2D eigenvalue weighted by Gasteiger charge is -2.36. The fraction of sp³-hybridized carbons (Fsp3) is 1.00. The smallest absolute Gasteiger partial charge is 0.295 e. The van der Waals surface area contributed by atoms with Crippen LogP contribution in [0.2, 0.25) is 0 Å². The first-order valence-electron chi connectivity index (χ1n) is 4.08. The summed E-state index contributed by atoms with van der Waals surface area (Å²) in [5.41, 5.74) is 0.250. The minimum absolute atomic E-state index is 0.250. The second-order valence-corrected chi connectivity index (χ2v) is 4.37. The molecule has 11 heavy (non-hydrogen) atoms. The normalized spacial score (nSPS) is 23.4. The second kappa shape index (κ2) is 2.81. The molecule has 5 heteroatoms. The van der Waals surface area contributed by atoms with Gasteiger partial charge >= 0.3 is 0 Å². The highest BCUT2D eigenvalue weighted by Crippen LogP contribution is 2.17. The minimum atomic E-state index is 0.250. The van der Waals surface area contributed by atoms with Crippen LogP contribution in [0.3, 0.4) is 0 Å². The summed E-state index contributed by atoms with van der Waals surface area (Å²) >= 11 is 0. The van der Waals surface area contributed by atoms with Crippen LogP contribution in [0, 0.1) is 0 Å². The average Bonchev–Trinajstić information content (AvgIpc) is 2.08. The first kappa shape index (κ1) is 9.10. The Morgan fingerprint density at radius 3 is 1.73 bits per heavy atom. The zero-order chi connectivity index (χ0) is 8.65. The average molecular weight is 153 g/mol. The van der Waals surface area contributed by atoms with Crippen molar-refractivity contribution in [3.8, 4) is 0 Å². The Hall–Kier alpha value is 0.00987. The van der Waals surface area contributed by atoms with Crippen molar-refractivity contribution in [2.75, 3.05) is 14.1 Å². The summed E-state index contributed by atoms with van der Waals surface area (Å²) in [6, 6.07) is 0. The van der Waals surface area contributed by atoms with Gasteiger partial charge in [0.05, 0.1) is 0 Å². The van der Waals surface area contributed by atoms with Gasteiger partial charge in [0.15, 0.2) is 0 Å². The van der Waals surface area contributed by atoms with Gasteiger partial charge in [0.2, 0.25) is 0 Å². The lowest BCUT2D eigenvalue weighted by atomic mass is 9.96. The molecule has 0 aromatic rings. The molecule has 1 fully saturated rings. The van der Waals surface area contributed by atoms with Crippen LogP contribution < -0.4 is 0 Å². The highest BCUT2D eigenvalue weighted by molar-refractivity contribution is 6.51. The summed E-state index contributed by atoms with van der Waals surface area (Å²) in [7, 11) is 6.36. The van der Waals surface area contributed by atoms with E-state index in [0.717, 1.165) is 15.1 Å². The van der Waals surface area contributed by atoms with Crippen LogP contribution in [-0.4, -0.2) is 49.3 Å². The summed E-state index contributed by atoms with van der Waals surface area (Å²) < 4.78 is 2.30. The van der Waals surface area contributed by atoms with Crippen molar-refractivity contribution in [1.29, 1.82) is 0 Å². The van der Waals surface area contributed by atoms with Crippen LogP contribution in [0.1, 0.15) is 20.8 Å². The monoisotopic (exact) mass is 153 g/mol. The molecule has 0 amide bonds. The zero-order valence-corrected chi connectivity index (χ0v) is 8.26. The maximum atomic E-state index is 2.37. The van der Waals surface area contributed by atoms with Gasteiger partial charge < -0.3 is 4.72 Å². The fourth-order valence-electron chi connectivity index (χ4n) is 1.53. The second-order valence-electron chi connectivity index (χ2n) is 4.37. The molecule has 1 aliphatic heterocycles. The summed E-state index contributed by atoms with van der Waals surface area (Å²) in [6.45, 7) is 6.72. The van der Waals surface area contributed by atoms with E-state index < -0.39 is 0 Å². The third-order valence-electron chi connectivity index (χ3n) is 2.01. The molecule has 0 bridgehead atoms. The Balaban J connectivity index is 2.60. The molecule has 1 aliphatic rings. The van der Waals surface area contributed by atoms with Crippen LogP contribution in [0.15, 0.2) is 0 Å². The third-order valence-corrected chi connectivity index (χ3v) is 2.01. The summed E-state index contributed by atoms with van der Waals surface area (Å²) in [5, 5.41) is 0. The van der Waals surface area contributed by atoms with E-state index in [1.165, 1.54) is 0 Å². The maximum absolute atomic E-state index is 2.37. The van der Waals surface area contributed by atoms with Gasteiger partial charge in [0, 0.05) is 5.54 Å². The number of rotatable bonds is 0. The predicted octanol–water partition coefficient (Wildman–Crippen LogP) is -0.588. The molecular formula is C6H17B2N3. The van der Waals surface area contributed by atoms with E-state index in [9.17, 15) is 0 Å². The maximum Gasteiger partial charge on any atom is 0.295 e. The largest absolute Gasteiger partial charge is 0.363 e. The summed E-state index contributed by atoms with van der Waals surface area (Å²) in [5.74, 6) is 0. The number of hydrogen-bond acceptors (Lipinski definition) is 3. The van der Waals surface area contributed by atoms with Crippen LogP contribution in [0.4, 0.5) is 0 Å². The number of hydrazine groups is 1. The predicted molar refractivity (Wildman–Crippen MR) is 51.4 cm³/mol. The topological polar surface area (TPSA) is 9.72 Å². The van der Waals surface area contributed by atoms with Crippen molar-refractivity contribution >= 4 is 15.1 Å². The van der Waals surface area contributed by atoms with Crippen molar-refractivity contribution in [3.63, 3.8) is 0 Å². The molecular weight excluding hydrogens is 136 g/mol. The number of hydrogen-bond donors (Lipinski definition) is 0. The van der Waals surface area contributed by atoms with E-state index in [2.05, 4.69) is 49.4 Å². The molecule has 0 aromatic heterocycles. The summed E-state index contributed by atoms with van der Waals surface area (Å²) in [6.07, 6.45) is 0. The van der Waals surface area contributed by atoms with Crippen LogP contribution in [0.5, 0.6) is 0 Å². The molecule has 0 spiro atoms. The van der Waals surface area contributed by atoms with Crippen LogP contribution in [0.25, 0.3) is 0 Å². The van der Waals surface area contributed by atoms with Crippen LogP contribution >= 0.6 is 0 Å². The number of nitrogens with zero attached hydrogens (tertiary/aromatic N) is 3. The van der Waals surface area contributed by atoms with E-state index in [-0.39, 0.29) is 5.54 Å². The Morgan fingerprint density at radius 2 is 1.55 bits per heavy atom. The van der Waals surface area contributed by atoms with Crippen molar-refractivity contribution in [2.45, 2.75) is 26.3 Å². The Kier molecular flexibility index (Phi) is 2.32. The van der Waals surface area contributed by atoms with E-state index in [0.29, 0.717) is 0 Å². The van der Waals surface area contributed by atoms with Crippen molar-refractivity contribution in [3.05, 3.63) is 0 Å². The van der Waals surface area contributed by atoms with Crippen molar-refractivity contribution in [2.24, 2.45) is 0 Å². The van der Waals surface area contributed by atoms with Gasteiger partial charge in [-0.15, -0.1) is 0 Å². The first-order valence-corrected chi connectivity index (χ1v) is 4.08. The van der Waals surface area contributed by atoms with Gasteiger partial charge in [0.25, 0.3) is 15.1 Å². The molecule has 1 heterocycles. The standard InChI is InChI=1S/C6H17B2N3/c1-6(2,3)11-8-9(4)7-10(11)5/h7-8H,1-5H3. The summed E-state index contributed by atoms with van der Waals surface area (Å²) in [4.78, 5) is 4.63. The molecule has 3 nitrogen and oxygen atoms in total. The Bertz CT molecular complexity index is 145. The van der Waals surface area contributed by atoms with Crippen molar-refractivity contribution in [1.82, 2.24) is 14.6 Å². The van der Waals surface area contributed by atoms with Gasteiger partial charge in [-0.3, -0.25) is 9.84 Å². The van der Waals surface area contributed by atoms with Gasteiger partial charge in [-0.25, -0.2) is 0 Å². The quantitative estimate of drug-likeness (QED) is 0.430. The van der Waals surface area contributed by atoms with E-state index in [1.807, 2.05) is 0 Å². The van der Waals surface area contributed by atoms with Crippen molar-refractivity contribution < 1.29 is 0 Å². The van der Waals surface area contributed by atoms with E-state index in [4.69, 9.17) is 0 Å². The molecule has 0 unspecified atom stereocenters. The molecule has 0 radical (unpaired) electrons. The first-order chi connectivity index (χ1) is 4.91. The van der Waals surface area contributed by atoms with Gasteiger partial charge in [-0.2, -0.15) is 0 Å². The molecule has 0 aromatic carbocycles. The highest BCUT2D eigenvalue weighted by Gasteiger charge is 2.33. The van der Waals surface area contributed by atoms with E-state index >= 15 is 0 Å². The van der Waals surface area contributed by atoms with Gasteiger partial charge in [0.1, 0.15) is 0 Å². The van der Waals surface area contributed by atoms with Crippen LogP contribution in [-0.2, 0) is 0 Å². The Morgan fingerprint density at radius 1 is 1.00 bits per heavy atom. The third kappa shape index (κ3) is 1.98. The molecule has 0 N–H and O–H groups in total. The van der Waals surface area contributed by atoms with Gasteiger partial charge in [-0.05, 0) is 34.9 Å². The Labute approximate surface area is 70.9 Å². The molecule has 1 rings (SSSR count). The highest BCUT2D eigenvalue weighted by atomic mass is 15.6. The minimum Gasteiger partial charge on any atom is -0.363 e. The van der Waals surface area contributed by atoms with E-state index in [1.54, 1.807) is 0 Å². The lowest BCUT2D eigenvalue weighted by Crippen LogP contribution is -2.48. The molecule has 0 aliphatic carbocycles. The molecule has 62 valence electrons. The molecule has 0 atom stereocenters. The fourth-order valence-corrected chi connectivity index (χ4v) is 1.53. The molecule has 1 saturated heterocycles. The zero-order valence-electron chi connectivity index (χ0n) is 8.26.